The summed E-state index contributed by atoms with van der Waals surface area (Å²) in [6, 6.07) is 1.01. The highest BCUT2D eigenvalue weighted by atomic mass is 19.4. The van der Waals surface area contributed by atoms with Crippen molar-refractivity contribution in [1.29, 1.82) is 0 Å². The lowest BCUT2D eigenvalue weighted by atomic mass is 10.1. The Bertz CT molecular complexity index is 424. The molecule has 0 radical (unpaired) electrons. The van der Waals surface area contributed by atoms with Crippen LogP contribution in [0.25, 0.3) is 0 Å². The zero-order valence-corrected chi connectivity index (χ0v) is 8.48. The van der Waals surface area contributed by atoms with Crippen molar-refractivity contribution in [1.82, 2.24) is 0 Å². The van der Waals surface area contributed by atoms with Crippen molar-refractivity contribution in [3.05, 3.63) is 29.1 Å². The number of rotatable bonds is 2. The van der Waals surface area contributed by atoms with Crippen LogP contribution in [0.2, 0.25) is 0 Å². The van der Waals surface area contributed by atoms with Crippen molar-refractivity contribution in [2.24, 2.45) is 0 Å². The predicted octanol–water partition coefficient (Wildman–Crippen LogP) is 3.06. The summed E-state index contributed by atoms with van der Waals surface area (Å²) < 4.78 is 54.7. The minimum atomic E-state index is -4.81. The lowest BCUT2D eigenvalue weighted by Crippen LogP contribution is -2.10. The van der Waals surface area contributed by atoms with Gasteiger partial charge >= 0.3 is 6.18 Å². The standard InChI is InChI=1S/C10H8F4O2/c1-5(15)6-3-8(11)7(10(12,13)14)4-9(6)16-2/h3-4H,1-2H3. The second kappa shape index (κ2) is 4.11. The molecule has 16 heavy (non-hydrogen) atoms. The first-order valence-electron chi connectivity index (χ1n) is 4.23. The van der Waals surface area contributed by atoms with E-state index in [2.05, 4.69) is 4.74 Å². The monoisotopic (exact) mass is 236 g/mol. The second-order valence-electron chi connectivity index (χ2n) is 3.09. The molecule has 0 saturated carbocycles. The first-order valence-corrected chi connectivity index (χ1v) is 4.23. The molecule has 0 aromatic heterocycles. The van der Waals surface area contributed by atoms with E-state index in [0.717, 1.165) is 14.0 Å². The van der Waals surface area contributed by atoms with Crippen molar-refractivity contribution in [2.75, 3.05) is 7.11 Å². The van der Waals surface area contributed by atoms with Gasteiger partial charge in [-0.2, -0.15) is 13.2 Å². The highest BCUT2D eigenvalue weighted by Gasteiger charge is 2.35. The first kappa shape index (κ1) is 12.5. The minimum Gasteiger partial charge on any atom is -0.496 e. The largest absolute Gasteiger partial charge is 0.496 e. The Balaban J connectivity index is 3.43. The third-order valence-corrected chi connectivity index (χ3v) is 1.97. The van der Waals surface area contributed by atoms with Crippen molar-refractivity contribution in [2.45, 2.75) is 13.1 Å². The minimum absolute atomic E-state index is 0.215. The van der Waals surface area contributed by atoms with Crippen molar-refractivity contribution in [3.8, 4) is 5.75 Å². The van der Waals surface area contributed by atoms with Crippen LogP contribution in [0.4, 0.5) is 17.6 Å². The normalized spacial score (nSPS) is 11.4. The second-order valence-corrected chi connectivity index (χ2v) is 3.09. The van der Waals surface area contributed by atoms with Gasteiger partial charge < -0.3 is 4.74 Å². The topological polar surface area (TPSA) is 26.3 Å². The third-order valence-electron chi connectivity index (χ3n) is 1.97. The van der Waals surface area contributed by atoms with E-state index in [1.165, 1.54) is 0 Å². The Morgan fingerprint density at radius 2 is 1.88 bits per heavy atom. The molecule has 0 aliphatic carbocycles. The van der Waals surface area contributed by atoms with Crippen molar-refractivity contribution >= 4 is 5.78 Å². The summed E-state index contributed by atoms with van der Waals surface area (Å²) in [6.45, 7) is 1.12. The van der Waals surface area contributed by atoms with Gasteiger partial charge in [0.05, 0.1) is 18.2 Å². The molecule has 1 rings (SSSR count). The summed E-state index contributed by atoms with van der Waals surface area (Å²) in [7, 11) is 1.11. The number of Topliss-reactive ketones (excluding diaryl/α,β-unsaturated/α-hetero) is 1. The van der Waals surface area contributed by atoms with Crippen LogP contribution in [-0.4, -0.2) is 12.9 Å². The molecule has 1 aromatic carbocycles. The van der Waals surface area contributed by atoms with Gasteiger partial charge in [0.1, 0.15) is 11.6 Å². The molecule has 0 unspecified atom stereocenters. The summed E-state index contributed by atoms with van der Waals surface area (Å²) in [5, 5.41) is 0. The van der Waals surface area contributed by atoms with E-state index in [1.807, 2.05) is 0 Å². The quantitative estimate of drug-likeness (QED) is 0.582. The van der Waals surface area contributed by atoms with Crippen molar-refractivity contribution < 1.29 is 27.1 Å². The summed E-state index contributed by atoms with van der Waals surface area (Å²) in [4.78, 5) is 11.0. The number of ether oxygens (including phenoxy) is 1. The van der Waals surface area contributed by atoms with Gasteiger partial charge in [0, 0.05) is 0 Å². The Labute approximate surface area is 88.8 Å². The maximum Gasteiger partial charge on any atom is 0.419 e. The maximum absolute atomic E-state index is 13.1. The molecule has 0 atom stereocenters. The number of ketones is 1. The lowest BCUT2D eigenvalue weighted by Gasteiger charge is -2.12. The number of alkyl halides is 3. The number of carbonyl (C=O) groups is 1. The van der Waals surface area contributed by atoms with Crippen LogP contribution in [0, 0.1) is 5.82 Å². The number of carbonyl (C=O) groups excluding carboxylic acids is 1. The molecular weight excluding hydrogens is 228 g/mol. The summed E-state index contributed by atoms with van der Waals surface area (Å²) >= 11 is 0. The molecule has 0 aliphatic heterocycles. The van der Waals surface area contributed by atoms with E-state index in [4.69, 9.17) is 0 Å². The molecule has 0 fully saturated rings. The van der Waals surface area contributed by atoms with Crippen LogP contribution in [0.3, 0.4) is 0 Å². The van der Waals surface area contributed by atoms with E-state index >= 15 is 0 Å². The number of hydrogen-bond acceptors (Lipinski definition) is 2. The van der Waals surface area contributed by atoms with E-state index in [9.17, 15) is 22.4 Å². The molecule has 0 aliphatic rings. The molecule has 0 N–H and O–H groups in total. The SMILES string of the molecule is COc1cc(C(F)(F)F)c(F)cc1C(C)=O. The number of benzene rings is 1. The van der Waals surface area contributed by atoms with E-state index in [-0.39, 0.29) is 11.3 Å². The van der Waals surface area contributed by atoms with Gasteiger partial charge in [0.15, 0.2) is 5.78 Å². The van der Waals surface area contributed by atoms with Gasteiger partial charge in [-0.1, -0.05) is 0 Å². The smallest absolute Gasteiger partial charge is 0.419 e. The summed E-state index contributed by atoms with van der Waals surface area (Å²) in [6.07, 6.45) is -4.81. The third kappa shape index (κ3) is 2.32. The molecule has 88 valence electrons. The Kier molecular flexibility index (Phi) is 3.21. The predicted molar refractivity (Wildman–Crippen MR) is 48.0 cm³/mol. The van der Waals surface area contributed by atoms with Crippen molar-refractivity contribution in [3.63, 3.8) is 0 Å². The summed E-state index contributed by atoms with van der Waals surface area (Å²) in [5.41, 5.74) is -1.66. The fourth-order valence-electron chi connectivity index (χ4n) is 1.21. The van der Waals surface area contributed by atoms with Gasteiger partial charge in [-0.3, -0.25) is 4.79 Å². The molecule has 0 heterocycles. The van der Waals surface area contributed by atoms with Gasteiger partial charge in [0.2, 0.25) is 0 Å². The molecule has 1 aromatic rings. The zero-order chi connectivity index (χ0) is 12.5. The molecule has 6 heteroatoms. The van der Waals surface area contributed by atoms with Gasteiger partial charge in [-0.05, 0) is 19.1 Å². The van der Waals surface area contributed by atoms with Gasteiger partial charge in [0.25, 0.3) is 0 Å². The van der Waals surface area contributed by atoms with Crippen LogP contribution < -0.4 is 4.74 Å². The van der Waals surface area contributed by atoms with Gasteiger partial charge in [-0.15, -0.1) is 0 Å². The van der Waals surface area contributed by atoms with E-state index in [1.54, 1.807) is 0 Å². The van der Waals surface area contributed by atoms with E-state index in [0.29, 0.717) is 12.1 Å². The Morgan fingerprint density at radius 3 is 2.25 bits per heavy atom. The van der Waals surface area contributed by atoms with Crippen LogP contribution in [0.15, 0.2) is 12.1 Å². The Morgan fingerprint density at radius 1 is 1.31 bits per heavy atom. The van der Waals surface area contributed by atoms with Crippen LogP contribution in [0.1, 0.15) is 22.8 Å². The summed E-state index contributed by atoms with van der Waals surface area (Å²) in [5.74, 6) is -2.34. The highest BCUT2D eigenvalue weighted by Crippen LogP contribution is 2.35. The van der Waals surface area contributed by atoms with Crippen LogP contribution >= 0.6 is 0 Å². The maximum atomic E-state index is 13.1. The zero-order valence-electron chi connectivity index (χ0n) is 8.48. The molecule has 0 saturated heterocycles. The molecular formula is C10H8F4O2. The first-order chi connectivity index (χ1) is 7.27. The van der Waals surface area contributed by atoms with Crippen LogP contribution in [-0.2, 0) is 6.18 Å². The fourth-order valence-corrected chi connectivity index (χ4v) is 1.21. The molecule has 0 amide bonds. The molecule has 0 spiro atoms. The number of hydrogen-bond donors (Lipinski definition) is 0. The molecule has 2 nitrogen and oxygen atoms in total. The fraction of sp³-hybridized carbons (Fsp3) is 0.300. The average molecular weight is 236 g/mol. The molecule has 0 bridgehead atoms. The highest BCUT2D eigenvalue weighted by molar-refractivity contribution is 5.96. The number of halogens is 4. The Hall–Kier alpha value is -1.59. The average Bonchev–Trinajstić information content (AvgIpc) is 2.15. The lowest BCUT2D eigenvalue weighted by molar-refractivity contribution is -0.140. The van der Waals surface area contributed by atoms with Gasteiger partial charge in [-0.25, -0.2) is 4.39 Å². The van der Waals surface area contributed by atoms with E-state index < -0.39 is 23.3 Å². The van der Waals surface area contributed by atoms with Crippen LogP contribution in [0.5, 0.6) is 5.75 Å². The number of methoxy groups -OCH3 is 1.